The number of hydrogen-bond acceptors (Lipinski definition) is 1. The van der Waals surface area contributed by atoms with Crippen LogP contribution < -0.4 is 0 Å². The first-order valence-corrected chi connectivity index (χ1v) is 5.28. The van der Waals surface area contributed by atoms with Crippen molar-refractivity contribution in [3.8, 4) is 0 Å². The smallest absolute Gasteiger partial charge is 0.303 e. The van der Waals surface area contributed by atoms with Gasteiger partial charge in [0.25, 0.3) is 0 Å². The summed E-state index contributed by atoms with van der Waals surface area (Å²) in [6.45, 7) is 1.39. The molecule has 19 heavy (non-hydrogen) atoms. The normalized spacial score (nSPS) is 14.3. The van der Waals surface area contributed by atoms with Crippen LogP contribution in [0.3, 0.4) is 0 Å². The Hall–Kier alpha value is -1.53. The fourth-order valence-electron chi connectivity index (χ4n) is 1.59. The van der Waals surface area contributed by atoms with Crippen LogP contribution in [-0.2, 0) is 23.6 Å². The fourth-order valence-corrected chi connectivity index (χ4v) is 1.59. The number of aldehydes is 1. The van der Waals surface area contributed by atoms with Crippen molar-refractivity contribution in [2.75, 3.05) is 0 Å². The van der Waals surface area contributed by atoms with Gasteiger partial charge in [-0.15, -0.1) is 0 Å². The van der Waals surface area contributed by atoms with E-state index in [-0.39, 0.29) is 18.1 Å². The average molecular weight is 284 g/mol. The number of rotatable bonds is 3. The number of alkyl halides is 6. The first-order chi connectivity index (χ1) is 8.55. The first kappa shape index (κ1) is 15.5. The maximum atomic E-state index is 12.7. The van der Waals surface area contributed by atoms with Gasteiger partial charge in [-0.2, -0.15) is 26.3 Å². The molecule has 0 bridgehead atoms. The Labute approximate surface area is 105 Å². The lowest BCUT2D eigenvalue weighted by molar-refractivity contribution is -0.143. The van der Waals surface area contributed by atoms with E-state index >= 15 is 0 Å². The summed E-state index contributed by atoms with van der Waals surface area (Å²) in [5.41, 5.74) is -3.03. The summed E-state index contributed by atoms with van der Waals surface area (Å²) in [5, 5.41) is 0. The van der Waals surface area contributed by atoms with E-state index in [4.69, 9.17) is 0 Å². The van der Waals surface area contributed by atoms with E-state index in [1.807, 2.05) is 0 Å². The Kier molecular flexibility index (Phi) is 4.27. The number of benzene rings is 1. The summed E-state index contributed by atoms with van der Waals surface area (Å²) in [7, 11) is 0. The maximum absolute atomic E-state index is 12.7. The quantitative estimate of drug-likeness (QED) is 0.603. The second kappa shape index (κ2) is 5.22. The van der Waals surface area contributed by atoms with E-state index in [2.05, 4.69) is 0 Å². The van der Waals surface area contributed by atoms with Crippen molar-refractivity contribution in [3.63, 3.8) is 0 Å². The van der Waals surface area contributed by atoms with Crippen LogP contribution in [0, 0.1) is 5.92 Å². The van der Waals surface area contributed by atoms with E-state index in [1.54, 1.807) is 0 Å². The van der Waals surface area contributed by atoms with Gasteiger partial charge in [-0.1, -0.05) is 13.0 Å². The molecule has 0 aliphatic carbocycles. The Morgan fingerprint density at radius 2 is 1.68 bits per heavy atom. The highest BCUT2D eigenvalue weighted by atomic mass is 19.4. The molecule has 0 saturated carbocycles. The van der Waals surface area contributed by atoms with Crippen LogP contribution in [0.2, 0.25) is 0 Å². The summed E-state index contributed by atoms with van der Waals surface area (Å²) < 4.78 is 75.3. The van der Waals surface area contributed by atoms with E-state index in [0.29, 0.717) is 12.4 Å². The monoisotopic (exact) mass is 284 g/mol. The standard InChI is InChI=1S/C12H10F6O/c1-7(6-19)4-8-2-3-9(11(13,14)15)5-10(8)12(16,17)18/h2-3,5-7H,4H2,1H3. The summed E-state index contributed by atoms with van der Waals surface area (Å²) in [5.74, 6) is -0.696. The van der Waals surface area contributed by atoms with Crippen LogP contribution in [0.1, 0.15) is 23.6 Å². The summed E-state index contributed by atoms with van der Waals surface area (Å²) in [6.07, 6.45) is -9.53. The third-order valence-corrected chi connectivity index (χ3v) is 2.52. The molecule has 1 aromatic carbocycles. The van der Waals surface area contributed by atoms with E-state index in [1.165, 1.54) is 6.92 Å². The molecule has 0 heterocycles. The molecule has 0 N–H and O–H groups in total. The van der Waals surface area contributed by atoms with Crippen LogP contribution >= 0.6 is 0 Å². The van der Waals surface area contributed by atoms with Gasteiger partial charge in [0.2, 0.25) is 0 Å². The van der Waals surface area contributed by atoms with Crippen LogP contribution in [0.25, 0.3) is 0 Å². The van der Waals surface area contributed by atoms with Crippen LogP contribution in [0.4, 0.5) is 26.3 Å². The predicted molar refractivity (Wildman–Crippen MR) is 55.4 cm³/mol. The lowest BCUT2D eigenvalue weighted by atomic mass is 9.95. The zero-order valence-electron chi connectivity index (χ0n) is 9.77. The molecule has 0 aromatic heterocycles. The molecule has 1 nitrogen and oxygen atoms in total. The van der Waals surface area contributed by atoms with Crippen molar-refractivity contribution in [1.82, 2.24) is 0 Å². The highest BCUT2D eigenvalue weighted by Crippen LogP contribution is 2.37. The molecular formula is C12H10F6O. The molecule has 0 aliphatic rings. The van der Waals surface area contributed by atoms with E-state index in [0.717, 1.165) is 6.07 Å². The maximum Gasteiger partial charge on any atom is 0.416 e. The Morgan fingerprint density at radius 3 is 2.11 bits per heavy atom. The molecule has 1 atom stereocenters. The van der Waals surface area contributed by atoms with Gasteiger partial charge in [-0.3, -0.25) is 0 Å². The lowest BCUT2D eigenvalue weighted by Crippen LogP contribution is -2.15. The molecule has 0 saturated heterocycles. The van der Waals surface area contributed by atoms with Gasteiger partial charge in [0.05, 0.1) is 11.1 Å². The topological polar surface area (TPSA) is 17.1 Å². The third kappa shape index (κ3) is 3.97. The number of carbonyl (C=O) groups is 1. The average Bonchev–Trinajstić information content (AvgIpc) is 2.26. The largest absolute Gasteiger partial charge is 0.416 e. The van der Waals surface area contributed by atoms with Gasteiger partial charge >= 0.3 is 12.4 Å². The first-order valence-electron chi connectivity index (χ1n) is 5.28. The molecule has 0 radical (unpaired) electrons. The SMILES string of the molecule is CC(C=O)Cc1ccc(C(F)(F)F)cc1C(F)(F)F. The van der Waals surface area contributed by atoms with Crippen molar-refractivity contribution in [2.24, 2.45) is 5.92 Å². The molecule has 1 rings (SSSR count). The number of carbonyl (C=O) groups excluding carboxylic acids is 1. The van der Waals surface area contributed by atoms with Crippen molar-refractivity contribution in [3.05, 3.63) is 34.9 Å². The van der Waals surface area contributed by atoms with Crippen LogP contribution in [0.15, 0.2) is 18.2 Å². The van der Waals surface area contributed by atoms with Crippen molar-refractivity contribution >= 4 is 6.29 Å². The minimum Gasteiger partial charge on any atom is -0.303 e. The van der Waals surface area contributed by atoms with Gasteiger partial charge in [-0.05, 0) is 24.1 Å². The van der Waals surface area contributed by atoms with E-state index in [9.17, 15) is 31.1 Å². The molecular weight excluding hydrogens is 274 g/mol. The minimum absolute atomic E-state index is 0.0762. The number of halogens is 6. The Balaban J connectivity index is 3.29. The Morgan fingerprint density at radius 1 is 1.11 bits per heavy atom. The third-order valence-electron chi connectivity index (χ3n) is 2.52. The van der Waals surface area contributed by atoms with Gasteiger partial charge < -0.3 is 4.79 Å². The fraction of sp³-hybridized carbons (Fsp3) is 0.417. The molecule has 106 valence electrons. The molecule has 0 spiro atoms. The van der Waals surface area contributed by atoms with Gasteiger partial charge in [0, 0.05) is 5.92 Å². The van der Waals surface area contributed by atoms with E-state index < -0.39 is 29.4 Å². The zero-order valence-corrected chi connectivity index (χ0v) is 9.77. The minimum atomic E-state index is -4.89. The molecule has 0 amide bonds. The second-order valence-electron chi connectivity index (χ2n) is 4.18. The molecule has 1 unspecified atom stereocenters. The number of hydrogen-bond donors (Lipinski definition) is 0. The second-order valence-corrected chi connectivity index (χ2v) is 4.18. The van der Waals surface area contributed by atoms with Gasteiger partial charge in [0.15, 0.2) is 0 Å². The van der Waals surface area contributed by atoms with Gasteiger partial charge in [-0.25, -0.2) is 0 Å². The molecule has 7 heteroatoms. The van der Waals surface area contributed by atoms with Crippen molar-refractivity contribution in [2.45, 2.75) is 25.7 Å². The van der Waals surface area contributed by atoms with Gasteiger partial charge in [0.1, 0.15) is 6.29 Å². The summed E-state index contributed by atoms with van der Waals surface area (Å²) >= 11 is 0. The highest BCUT2D eigenvalue weighted by molar-refractivity contribution is 5.54. The lowest BCUT2D eigenvalue weighted by Gasteiger charge is -2.16. The van der Waals surface area contributed by atoms with Crippen LogP contribution in [0.5, 0.6) is 0 Å². The van der Waals surface area contributed by atoms with Crippen molar-refractivity contribution in [1.29, 1.82) is 0 Å². The molecule has 0 fully saturated rings. The molecule has 1 aromatic rings. The highest BCUT2D eigenvalue weighted by Gasteiger charge is 2.38. The summed E-state index contributed by atoms with van der Waals surface area (Å²) in [4.78, 5) is 10.4. The molecule has 0 aliphatic heterocycles. The van der Waals surface area contributed by atoms with Crippen LogP contribution in [-0.4, -0.2) is 6.29 Å². The Bertz CT molecular complexity index is 460. The zero-order chi connectivity index (χ0) is 14.8. The summed E-state index contributed by atoms with van der Waals surface area (Å²) in [6, 6.07) is 1.43. The van der Waals surface area contributed by atoms with Crippen molar-refractivity contribution < 1.29 is 31.1 Å². The predicted octanol–water partition coefficient (Wildman–Crippen LogP) is 4.10.